The molecule has 2 heterocycles. The normalized spacial score (nSPS) is 14.9. The van der Waals surface area contributed by atoms with Crippen molar-refractivity contribution in [2.75, 3.05) is 13.1 Å². The van der Waals surface area contributed by atoms with Crippen LogP contribution in [0.25, 0.3) is 5.69 Å². The molecule has 1 aliphatic rings. The predicted molar refractivity (Wildman–Crippen MR) is 120 cm³/mol. The van der Waals surface area contributed by atoms with Gasteiger partial charge < -0.3 is 5.32 Å². The van der Waals surface area contributed by atoms with Gasteiger partial charge in [0.05, 0.1) is 17.4 Å². The third-order valence-electron chi connectivity index (χ3n) is 5.75. The number of likely N-dealkylation sites (tertiary alicyclic amines) is 1. The van der Waals surface area contributed by atoms with Gasteiger partial charge in [0.1, 0.15) is 0 Å². The molecule has 1 aromatic heterocycles. The van der Waals surface area contributed by atoms with E-state index in [0.717, 1.165) is 54.5 Å². The van der Waals surface area contributed by atoms with Crippen molar-refractivity contribution < 1.29 is 18.0 Å². The number of carbonyl (C=O) groups is 1. The first-order chi connectivity index (χ1) is 15.8. The average molecular weight is 477 g/mol. The number of hydrogen-bond acceptors (Lipinski definition) is 3. The molecular formula is C24H24ClF3N4O. The molecule has 1 amide bonds. The Balaban J connectivity index is 1.53. The first-order valence-corrected chi connectivity index (χ1v) is 11.2. The summed E-state index contributed by atoms with van der Waals surface area (Å²) in [5.41, 5.74) is 0.468. The van der Waals surface area contributed by atoms with Crippen LogP contribution in [0.4, 0.5) is 13.2 Å². The summed E-state index contributed by atoms with van der Waals surface area (Å²) in [5, 5.41) is 6.88. The minimum atomic E-state index is -4.77. The number of amides is 1. The monoisotopic (exact) mass is 476 g/mol. The Bertz CT molecular complexity index is 1110. The molecule has 0 bridgehead atoms. The van der Waals surface area contributed by atoms with E-state index in [0.29, 0.717) is 5.02 Å². The molecule has 0 aliphatic carbocycles. The van der Waals surface area contributed by atoms with Crippen molar-refractivity contribution in [3.63, 3.8) is 0 Å². The van der Waals surface area contributed by atoms with E-state index < -0.39 is 23.3 Å². The molecule has 1 saturated heterocycles. The Morgan fingerprint density at radius 3 is 2.33 bits per heavy atom. The van der Waals surface area contributed by atoms with Crippen LogP contribution in [0.15, 0.2) is 54.7 Å². The van der Waals surface area contributed by atoms with E-state index in [1.54, 1.807) is 0 Å². The molecule has 0 atom stereocenters. The van der Waals surface area contributed by atoms with Gasteiger partial charge in [-0.05, 0) is 61.3 Å². The molecule has 1 fully saturated rings. The third-order valence-corrected chi connectivity index (χ3v) is 6.01. The Hall–Kier alpha value is -2.84. The second-order valence-electron chi connectivity index (χ2n) is 8.08. The summed E-state index contributed by atoms with van der Waals surface area (Å²) in [4.78, 5) is 15.2. The van der Waals surface area contributed by atoms with Gasteiger partial charge >= 0.3 is 6.18 Å². The van der Waals surface area contributed by atoms with Gasteiger partial charge in [-0.3, -0.25) is 9.69 Å². The van der Waals surface area contributed by atoms with Crippen LogP contribution in [0, 0.1) is 0 Å². The molecular weight excluding hydrogens is 453 g/mol. The van der Waals surface area contributed by atoms with Crippen LogP contribution in [0.1, 0.15) is 46.4 Å². The smallest absolute Gasteiger partial charge is 0.348 e. The van der Waals surface area contributed by atoms with E-state index in [4.69, 9.17) is 11.6 Å². The predicted octanol–water partition coefficient (Wildman–Crippen LogP) is 5.46. The maximum Gasteiger partial charge on any atom is 0.434 e. The lowest BCUT2D eigenvalue weighted by atomic mass is 10.0. The second-order valence-corrected chi connectivity index (χ2v) is 8.52. The van der Waals surface area contributed by atoms with Crippen LogP contribution >= 0.6 is 11.6 Å². The molecule has 0 spiro atoms. The van der Waals surface area contributed by atoms with Gasteiger partial charge in [0.15, 0.2) is 5.69 Å². The van der Waals surface area contributed by atoms with Crippen molar-refractivity contribution in [1.29, 1.82) is 0 Å². The summed E-state index contributed by atoms with van der Waals surface area (Å²) in [6, 6.07) is 13.5. The average Bonchev–Trinajstić information content (AvgIpc) is 3.26. The number of nitrogens with one attached hydrogen (secondary N) is 1. The van der Waals surface area contributed by atoms with Gasteiger partial charge in [-0.25, -0.2) is 4.68 Å². The summed E-state index contributed by atoms with van der Waals surface area (Å²) < 4.78 is 42.4. The number of alkyl halides is 3. The summed E-state index contributed by atoms with van der Waals surface area (Å²) >= 11 is 5.84. The lowest BCUT2D eigenvalue weighted by Gasteiger charge is -2.27. The largest absolute Gasteiger partial charge is 0.434 e. The Morgan fingerprint density at radius 1 is 1.00 bits per heavy atom. The fourth-order valence-electron chi connectivity index (χ4n) is 4.08. The highest BCUT2D eigenvalue weighted by Crippen LogP contribution is 2.34. The molecule has 3 aromatic rings. The van der Waals surface area contributed by atoms with E-state index in [1.807, 2.05) is 24.3 Å². The number of nitrogens with zero attached hydrogens (tertiary/aromatic N) is 3. The fraction of sp³-hybridized carbons (Fsp3) is 0.333. The molecule has 1 aliphatic heterocycles. The van der Waals surface area contributed by atoms with Crippen LogP contribution in [0.2, 0.25) is 5.02 Å². The van der Waals surface area contributed by atoms with E-state index in [1.165, 1.54) is 30.7 Å². The Morgan fingerprint density at radius 2 is 1.67 bits per heavy atom. The molecule has 174 valence electrons. The van der Waals surface area contributed by atoms with E-state index >= 15 is 0 Å². The highest BCUT2D eigenvalue weighted by Gasteiger charge is 2.40. The molecule has 0 saturated carbocycles. The molecule has 1 N–H and O–H groups in total. The third kappa shape index (κ3) is 5.57. The number of carbonyl (C=O) groups excluding carboxylic acids is 1. The second kappa shape index (κ2) is 9.97. The highest BCUT2D eigenvalue weighted by molar-refractivity contribution is 6.30. The van der Waals surface area contributed by atoms with E-state index in [2.05, 4.69) is 15.3 Å². The van der Waals surface area contributed by atoms with Gasteiger partial charge in [0.25, 0.3) is 5.91 Å². The number of aromatic nitrogens is 2. The molecule has 5 nitrogen and oxygen atoms in total. The zero-order valence-electron chi connectivity index (χ0n) is 17.9. The van der Waals surface area contributed by atoms with Crippen molar-refractivity contribution in [3.05, 3.63) is 82.1 Å². The minimum Gasteiger partial charge on any atom is -0.348 e. The van der Waals surface area contributed by atoms with Crippen molar-refractivity contribution in [2.24, 2.45) is 0 Å². The Kier molecular flexibility index (Phi) is 7.05. The lowest BCUT2D eigenvalue weighted by molar-refractivity contribution is -0.143. The summed E-state index contributed by atoms with van der Waals surface area (Å²) in [6.07, 6.45) is -0.256. The molecule has 33 heavy (non-hydrogen) atoms. The van der Waals surface area contributed by atoms with Crippen molar-refractivity contribution in [3.8, 4) is 5.69 Å². The molecule has 0 radical (unpaired) electrons. The minimum absolute atomic E-state index is 0.131. The molecule has 2 aromatic carbocycles. The molecule has 9 heteroatoms. The Labute approximate surface area is 195 Å². The van der Waals surface area contributed by atoms with Crippen LogP contribution in [-0.2, 0) is 19.3 Å². The number of benzene rings is 2. The lowest BCUT2D eigenvalue weighted by Crippen LogP contribution is -2.30. The zero-order chi connectivity index (χ0) is 23.4. The zero-order valence-corrected chi connectivity index (χ0v) is 18.7. The van der Waals surface area contributed by atoms with Crippen LogP contribution in [-0.4, -0.2) is 33.7 Å². The molecule has 4 rings (SSSR count). The highest BCUT2D eigenvalue weighted by atomic mass is 35.5. The van der Waals surface area contributed by atoms with Gasteiger partial charge in [-0.1, -0.05) is 42.3 Å². The maximum absolute atomic E-state index is 13.9. The van der Waals surface area contributed by atoms with E-state index in [-0.39, 0.29) is 12.2 Å². The van der Waals surface area contributed by atoms with Gasteiger partial charge in [-0.2, -0.15) is 18.3 Å². The first-order valence-electron chi connectivity index (χ1n) is 10.8. The number of piperidine rings is 1. The van der Waals surface area contributed by atoms with Gasteiger partial charge in [0, 0.05) is 18.1 Å². The van der Waals surface area contributed by atoms with Crippen molar-refractivity contribution in [2.45, 2.75) is 38.5 Å². The first kappa shape index (κ1) is 23.3. The van der Waals surface area contributed by atoms with E-state index in [9.17, 15) is 18.0 Å². The summed E-state index contributed by atoms with van der Waals surface area (Å²) in [5.74, 6) is -0.824. The number of halogens is 4. The van der Waals surface area contributed by atoms with Gasteiger partial charge in [-0.15, -0.1) is 0 Å². The van der Waals surface area contributed by atoms with Crippen LogP contribution in [0.5, 0.6) is 0 Å². The van der Waals surface area contributed by atoms with Gasteiger partial charge in [0.2, 0.25) is 0 Å². The SMILES string of the molecule is O=C(NCc1ccccc1CN1CCCCC1)c1cnn(-c2ccc(Cl)cc2)c1C(F)(F)F. The van der Waals surface area contributed by atoms with Crippen LogP contribution < -0.4 is 5.32 Å². The maximum atomic E-state index is 13.9. The summed E-state index contributed by atoms with van der Waals surface area (Å²) in [6.45, 7) is 2.94. The van der Waals surface area contributed by atoms with Crippen LogP contribution in [0.3, 0.4) is 0 Å². The number of rotatable bonds is 6. The van der Waals surface area contributed by atoms with Crippen molar-refractivity contribution in [1.82, 2.24) is 20.0 Å². The molecule has 0 unspecified atom stereocenters. The fourth-order valence-corrected chi connectivity index (χ4v) is 4.20. The quantitative estimate of drug-likeness (QED) is 0.514. The van der Waals surface area contributed by atoms with Crippen molar-refractivity contribution >= 4 is 17.5 Å². The standard InChI is InChI=1S/C24H24ClF3N4O/c25-19-8-10-20(11-9-19)32-22(24(26,27)28)21(15-30-32)23(33)29-14-17-6-2-3-7-18(17)16-31-12-4-1-5-13-31/h2-3,6-11,15H,1,4-5,12-14,16H2,(H,29,33). The number of hydrogen-bond donors (Lipinski definition) is 1. The summed E-state index contributed by atoms with van der Waals surface area (Å²) in [7, 11) is 0. The topological polar surface area (TPSA) is 50.2 Å².